The van der Waals surface area contributed by atoms with Gasteiger partial charge in [-0.15, -0.1) is 6.58 Å². The van der Waals surface area contributed by atoms with E-state index in [1.165, 1.54) is 0 Å². The predicted molar refractivity (Wildman–Crippen MR) is 73.5 cm³/mol. The summed E-state index contributed by atoms with van der Waals surface area (Å²) in [6.07, 6.45) is 5.95. The van der Waals surface area contributed by atoms with Gasteiger partial charge in [0.2, 0.25) is 0 Å². The van der Waals surface area contributed by atoms with E-state index in [0.29, 0.717) is 24.5 Å². The lowest BCUT2D eigenvalue weighted by Gasteiger charge is -2.38. The number of Topliss-reactive ketones (excluding diaryl/α,β-unsaturated/α-hetero) is 1. The van der Waals surface area contributed by atoms with Gasteiger partial charge in [-0.1, -0.05) is 13.0 Å². The second-order valence-corrected chi connectivity index (χ2v) is 5.59. The molecule has 1 saturated carbocycles. The average Bonchev–Trinajstić information content (AvgIpc) is 2.68. The van der Waals surface area contributed by atoms with Crippen LogP contribution in [0.1, 0.15) is 46.0 Å². The quantitative estimate of drug-likeness (QED) is 0.444. The average molecular weight is 262 g/mol. The molecule has 0 aliphatic heterocycles. The van der Waals surface area contributed by atoms with Gasteiger partial charge in [0.05, 0.1) is 6.61 Å². The molecule has 2 aliphatic rings. The van der Waals surface area contributed by atoms with Crippen molar-refractivity contribution in [3.05, 3.63) is 23.8 Å². The molecule has 3 heteroatoms. The van der Waals surface area contributed by atoms with Gasteiger partial charge in [0.25, 0.3) is 0 Å². The molecule has 0 saturated heterocycles. The fraction of sp³-hybridized carbons (Fsp3) is 0.625. The molecular formula is C16H22O3. The van der Waals surface area contributed by atoms with E-state index in [1.807, 2.05) is 6.08 Å². The molecule has 3 nitrogen and oxygen atoms in total. The third kappa shape index (κ3) is 2.15. The SMILES string of the molecule is C=CC[C@@]12CCC(=O)C(C(=O)OCC)=C1CC[C@H]2C. The van der Waals surface area contributed by atoms with Crippen molar-refractivity contribution in [1.82, 2.24) is 0 Å². The number of ether oxygens (including phenoxy) is 1. The van der Waals surface area contributed by atoms with Crippen molar-refractivity contribution >= 4 is 11.8 Å². The molecule has 0 unspecified atom stereocenters. The lowest BCUT2D eigenvalue weighted by atomic mass is 9.65. The van der Waals surface area contributed by atoms with Crippen LogP contribution in [0.25, 0.3) is 0 Å². The van der Waals surface area contributed by atoms with Gasteiger partial charge in [-0.05, 0) is 49.5 Å². The summed E-state index contributed by atoms with van der Waals surface area (Å²) in [4.78, 5) is 24.2. The van der Waals surface area contributed by atoms with Crippen LogP contribution in [0.15, 0.2) is 23.8 Å². The minimum Gasteiger partial charge on any atom is -0.462 e. The van der Waals surface area contributed by atoms with Crippen LogP contribution in [0.2, 0.25) is 0 Å². The monoisotopic (exact) mass is 262 g/mol. The Hall–Kier alpha value is -1.38. The number of carbonyl (C=O) groups excluding carboxylic acids is 2. The van der Waals surface area contributed by atoms with E-state index in [0.717, 1.165) is 31.3 Å². The maximum absolute atomic E-state index is 12.1. The molecule has 0 radical (unpaired) electrons. The van der Waals surface area contributed by atoms with Crippen LogP contribution < -0.4 is 0 Å². The Morgan fingerprint density at radius 1 is 1.53 bits per heavy atom. The van der Waals surface area contributed by atoms with Crippen molar-refractivity contribution in [2.24, 2.45) is 11.3 Å². The number of fused-ring (bicyclic) bond motifs is 1. The van der Waals surface area contributed by atoms with Gasteiger partial charge in [-0.2, -0.15) is 0 Å². The summed E-state index contributed by atoms with van der Waals surface area (Å²) in [6.45, 7) is 8.14. The first kappa shape index (κ1) is 14.0. The van der Waals surface area contributed by atoms with Gasteiger partial charge < -0.3 is 4.74 Å². The van der Waals surface area contributed by atoms with Crippen LogP contribution in [-0.2, 0) is 14.3 Å². The molecule has 2 aliphatic carbocycles. The minimum absolute atomic E-state index is 0.0300. The second-order valence-electron chi connectivity index (χ2n) is 5.59. The highest BCUT2D eigenvalue weighted by Gasteiger charge is 2.49. The standard InChI is InChI=1S/C16H22O3/c1-4-9-16-10-8-13(17)14(15(18)19-5-2)12(16)7-6-11(16)3/h4,11H,1,5-10H2,2-3H3/t11-,16+/m1/s1. The van der Waals surface area contributed by atoms with Gasteiger partial charge >= 0.3 is 5.97 Å². The molecule has 0 heterocycles. The number of ketones is 1. The number of hydrogen-bond donors (Lipinski definition) is 0. The maximum Gasteiger partial charge on any atom is 0.341 e. The molecule has 0 aromatic rings. The highest BCUT2D eigenvalue weighted by Crippen LogP contribution is 2.56. The molecule has 2 atom stereocenters. The third-order valence-electron chi connectivity index (χ3n) is 4.74. The van der Waals surface area contributed by atoms with Crippen LogP contribution in [0.4, 0.5) is 0 Å². The number of allylic oxidation sites excluding steroid dienone is 2. The summed E-state index contributed by atoms with van der Waals surface area (Å²) in [6, 6.07) is 0. The Labute approximate surface area is 114 Å². The zero-order valence-electron chi connectivity index (χ0n) is 11.8. The Morgan fingerprint density at radius 2 is 2.26 bits per heavy atom. The summed E-state index contributed by atoms with van der Waals surface area (Å²) in [5.74, 6) is 0.0324. The first-order chi connectivity index (χ1) is 9.06. The smallest absolute Gasteiger partial charge is 0.341 e. The van der Waals surface area contributed by atoms with E-state index in [4.69, 9.17) is 4.74 Å². The van der Waals surface area contributed by atoms with E-state index in [1.54, 1.807) is 6.92 Å². The van der Waals surface area contributed by atoms with Crippen molar-refractivity contribution in [2.45, 2.75) is 46.0 Å². The highest BCUT2D eigenvalue weighted by molar-refractivity contribution is 6.18. The first-order valence-corrected chi connectivity index (χ1v) is 7.11. The largest absolute Gasteiger partial charge is 0.462 e. The van der Waals surface area contributed by atoms with Gasteiger partial charge in [0.15, 0.2) is 5.78 Å². The lowest BCUT2D eigenvalue weighted by Crippen LogP contribution is -2.34. The summed E-state index contributed by atoms with van der Waals surface area (Å²) in [5, 5.41) is 0. The Morgan fingerprint density at radius 3 is 2.89 bits per heavy atom. The third-order valence-corrected chi connectivity index (χ3v) is 4.74. The molecule has 2 rings (SSSR count). The zero-order valence-corrected chi connectivity index (χ0v) is 11.8. The second kappa shape index (κ2) is 5.32. The lowest BCUT2D eigenvalue weighted by molar-refractivity contribution is -0.140. The Kier molecular flexibility index (Phi) is 3.93. The summed E-state index contributed by atoms with van der Waals surface area (Å²) in [5.41, 5.74) is 1.35. The van der Waals surface area contributed by atoms with Gasteiger partial charge in [-0.25, -0.2) is 4.79 Å². The van der Waals surface area contributed by atoms with Crippen molar-refractivity contribution in [2.75, 3.05) is 6.61 Å². The van der Waals surface area contributed by atoms with Crippen LogP contribution in [0.5, 0.6) is 0 Å². The van der Waals surface area contributed by atoms with Crippen LogP contribution in [0, 0.1) is 11.3 Å². The first-order valence-electron chi connectivity index (χ1n) is 7.11. The van der Waals surface area contributed by atoms with Crippen molar-refractivity contribution in [3.63, 3.8) is 0 Å². The molecule has 0 N–H and O–H groups in total. The van der Waals surface area contributed by atoms with E-state index < -0.39 is 5.97 Å². The van der Waals surface area contributed by atoms with Crippen molar-refractivity contribution < 1.29 is 14.3 Å². The van der Waals surface area contributed by atoms with Gasteiger partial charge in [0.1, 0.15) is 5.57 Å². The fourth-order valence-corrected chi connectivity index (χ4v) is 3.71. The van der Waals surface area contributed by atoms with Crippen molar-refractivity contribution in [3.8, 4) is 0 Å². The van der Waals surface area contributed by atoms with E-state index in [2.05, 4.69) is 13.5 Å². The van der Waals surface area contributed by atoms with Gasteiger partial charge in [-0.3, -0.25) is 4.79 Å². The van der Waals surface area contributed by atoms with E-state index in [9.17, 15) is 9.59 Å². The highest BCUT2D eigenvalue weighted by atomic mass is 16.5. The van der Waals surface area contributed by atoms with E-state index >= 15 is 0 Å². The molecule has 0 aromatic carbocycles. The molecule has 104 valence electrons. The number of rotatable bonds is 4. The maximum atomic E-state index is 12.1. The van der Waals surface area contributed by atoms with Crippen LogP contribution in [0.3, 0.4) is 0 Å². The fourth-order valence-electron chi connectivity index (χ4n) is 3.71. The molecule has 0 aromatic heterocycles. The topological polar surface area (TPSA) is 43.4 Å². The molecule has 19 heavy (non-hydrogen) atoms. The van der Waals surface area contributed by atoms with Gasteiger partial charge in [0, 0.05) is 6.42 Å². The minimum atomic E-state index is -0.426. The molecular weight excluding hydrogens is 240 g/mol. The summed E-state index contributed by atoms with van der Waals surface area (Å²) < 4.78 is 5.07. The summed E-state index contributed by atoms with van der Waals surface area (Å²) >= 11 is 0. The zero-order chi connectivity index (χ0) is 14.0. The normalized spacial score (nSPS) is 30.2. The van der Waals surface area contributed by atoms with Crippen LogP contribution >= 0.6 is 0 Å². The molecule has 0 spiro atoms. The van der Waals surface area contributed by atoms with Crippen LogP contribution in [-0.4, -0.2) is 18.4 Å². The Bertz CT molecular complexity index is 447. The van der Waals surface area contributed by atoms with E-state index in [-0.39, 0.29) is 11.2 Å². The molecule has 0 bridgehead atoms. The number of hydrogen-bond acceptors (Lipinski definition) is 3. The number of esters is 1. The number of carbonyl (C=O) groups is 2. The van der Waals surface area contributed by atoms with Crippen molar-refractivity contribution in [1.29, 1.82) is 0 Å². The molecule has 0 amide bonds. The Balaban J connectivity index is 2.49. The summed E-state index contributed by atoms with van der Waals surface area (Å²) in [7, 11) is 0. The predicted octanol–water partition coefficient (Wildman–Crippen LogP) is 3.20. The molecule has 1 fully saturated rings.